The van der Waals surface area contributed by atoms with Crippen molar-refractivity contribution in [2.24, 2.45) is 5.41 Å². The van der Waals surface area contributed by atoms with E-state index in [1.54, 1.807) is 0 Å². The fraction of sp³-hybridized carbons (Fsp3) is 1.00. The molecule has 2 heteroatoms. The molecule has 0 saturated heterocycles. The van der Waals surface area contributed by atoms with E-state index in [0.29, 0.717) is 18.1 Å². The molecule has 2 fully saturated rings. The van der Waals surface area contributed by atoms with Crippen LogP contribution in [0.4, 0.5) is 0 Å². The lowest BCUT2D eigenvalue weighted by Gasteiger charge is -2.53. The maximum atomic E-state index is 8.90. The van der Waals surface area contributed by atoms with Crippen molar-refractivity contribution in [3.63, 3.8) is 0 Å². The van der Waals surface area contributed by atoms with Crippen molar-refractivity contribution in [2.75, 3.05) is 6.61 Å². The van der Waals surface area contributed by atoms with Gasteiger partial charge >= 0.3 is 0 Å². The minimum absolute atomic E-state index is 0.313. The third-order valence-corrected chi connectivity index (χ3v) is 4.57. The Labute approximate surface area is 93.5 Å². The van der Waals surface area contributed by atoms with Crippen LogP contribution < -0.4 is 5.32 Å². The Balaban J connectivity index is 1.82. The predicted octanol–water partition coefficient (Wildman–Crippen LogP) is 2.46. The highest BCUT2D eigenvalue weighted by molar-refractivity contribution is 5.02. The smallest absolute Gasteiger partial charge is 0.0445 e. The Hall–Kier alpha value is -0.0800. The fourth-order valence-electron chi connectivity index (χ4n) is 3.43. The fourth-order valence-corrected chi connectivity index (χ4v) is 3.43. The first-order valence-corrected chi connectivity index (χ1v) is 6.64. The molecule has 0 aromatic carbocycles. The molecule has 2 aliphatic rings. The first-order valence-electron chi connectivity index (χ1n) is 6.64. The quantitative estimate of drug-likeness (QED) is 0.748. The number of hydrogen-bond acceptors (Lipinski definition) is 2. The van der Waals surface area contributed by atoms with Gasteiger partial charge in [0.2, 0.25) is 0 Å². The molecule has 15 heavy (non-hydrogen) atoms. The van der Waals surface area contributed by atoms with Crippen molar-refractivity contribution in [3.05, 3.63) is 0 Å². The number of nitrogens with one attached hydrogen (secondary N) is 1. The molecule has 0 radical (unpaired) electrons. The Morgan fingerprint density at radius 2 is 2.00 bits per heavy atom. The summed E-state index contributed by atoms with van der Waals surface area (Å²) < 4.78 is 0. The zero-order valence-electron chi connectivity index (χ0n) is 9.97. The van der Waals surface area contributed by atoms with Crippen LogP contribution in [0.25, 0.3) is 0 Å². The molecule has 2 saturated carbocycles. The van der Waals surface area contributed by atoms with Crippen molar-refractivity contribution < 1.29 is 5.11 Å². The first kappa shape index (κ1) is 11.4. The van der Waals surface area contributed by atoms with Crippen LogP contribution in [0.3, 0.4) is 0 Å². The van der Waals surface area contributed by atoms with Gasteiger partial charge in [-0.3, -0.25) is 0 Å². The monoisotopic (exact) mass is 211 g/mol. The van der Waals surface area contributed by atoms with E-state index in [1.165, 1.54) is 44.9 Å². The minimum atomic E-state index is 0.313. The highest BCUT2D eigenvalue weighted by Crippen LogP contribution is 2.51. The Bertz CT molecular complexity index is 199. The van der Waals surface area contributed by atoms with Crippen LogP contribution in [0.1, 0.15) is 58.3 Å². The van der Waals surface area contributed by atoms with E-state index < -0.39 is 0 Å². The molecule has 0 bridgehead atoms. The predicted molar refractivity (Wildman–Crippen MR) is 62.8 cm³/mol. The van der Waals surface area contributed by atoms with Crippen molar-refractivity contribution in [2.45, 2.75) is 70.4 Å². The highest BCUT2D eigenvalue weighted by Gasteiger charge is 2.46. The molecule has 2 atom stereocenters. The van der Waals surface area contributed by atoms with Crippen LogP contribution in [0.5, 0.6) is 0 Å². The molecule has 2 nitrogen and oxygen atoms in total. The Morgan fingerprint density at radius 1 is 1.27 bits per heavy atom. The Kier molecular flexibility index (Phi) is 3.68. The van der Waals surface area contributed by atoms with Gasteiger partial charge in [0.25, 0.3) is 0 Å². The van der Waals surface area contributed by atoms with Gasteiger partial charge in [0.15, 0.2) is 0 Å². The zero-order valence-corrected chi connectivity index (χ0v) is 9.97. The van der Waals surface area contributed by atoms with Crippen LogP contribution >= 0.6 is 0 Å². The number of hydrogen-bond donors (Lipinski definition) is 2. The summed E-state index contributed by atoms with van der Waals surface area (Å²) in [7, 11) is 0. The number of aliphatic hydroxyl groups is 1. The van der Waals surface area contributed by atoms with Gasteiger partial charge in [-0.25, -0.2) is 0 Å². The molecule has 2 rings (SSSR count). The molecule has 0 amide bonds. The average molecular weight is 211 g/mol. The van der Waals surface area contributed by atoms with Crippen LogP contribution in [0.15, 0.2) is 0 Å². The SMILES string of the molecule is CC(CCO)NC1CCC12CCCCC2. The molecular formula is C13H25NO. The molecule has 0 aliphatic heterocycles. The minimum Gasteiger partial charge on any atom is -0.396 e. The molecule has 0 aromatic rings. The molecule has 1 spiro atoms. The summed E-state index contributed by atoms with van der Waals surface area (Å²) in [6, 6.07) is 1.23. The maximum absolute atomic E-state index is 8.90. The summed E-state index contributed by atoms with van der Waals surface area (Å²) in [5, 5.41) is 12.6. The van der Waals surface area contributed by atoms with Crippen molar-refractivity contribution in [3.8, 4) is 0 Å². The highest BCUT2D eigenvalue weighted by atomic mass is 16.3. The van der Waals surface area contributed by atoms with Gasteiger partial charge in [0, 0.05) is 18.7 Å². The van der Waals surface area contributed by atoms with Gasteiger partial charge in [-0.2, -0.15) is 0 Å². The van der Waals surface area contributed by atoms with E-state index in [1.807, 2.05) is 0 Å². The van der Waals surface area contributed by atoms with E-state index in [0.717, 1.165) is 12.5 Å². The lowest BCUT2D eigenvalue weighted by Crippen LogP contribution is -2.56. The lowest BCUT2D eigenvalue weighted by molar-refractivity contribution is 0.0160. The van der Waals surface area contributed by atoms with E-state index in [2.05, 4.69) is 12.2 Å². The summed E-state index contributed by atoms with van der Waals surface area (Å²) in [4.78, 5) is 0. The van der Waals surface area contributed by atoms with Gasteiger partial charge in [-0.15, -0.1) is 0 Å². The standard InChI is InChI=1S/C13H25NO/c1-11(6-10-15)14-12-5-9-13(12)7-3-2-4-8-13/h11-12,14-15H,2-10H2,1H3. The summed E-state index contributed by atoms with van der Waals surface area (Å²) >= 11 is 0. The third kappa shape index (κ3) is 2.36. The summed E-state index contributed by atoms with van der Waals surface area (Å²) in [5.41, 5.74) is 0.655. The van der Waals surface area contributed by atoms with Crippen LogP contribution in [0.2, 0.25) is 0 Å². The Morgan fingerprint density at radius 3 is 2.53 bits per heavy atom. The normalized spacial score (nSPS) is 31.2. The third-order valence-electron chi connectivity index (χ3n) is 4.57. The largest absolute Gasteiger partial charge is 0.396 e. The van der Waals surface area contributed by atoms with Crippen LogP contribution in [-0.4, -0.2) is 23.8 Å². The molecule has 2 unspecified atom stereocenters. The van der Waals surface area contributed by atoms with Crippen LogP contribution in [0, 0.1) is 5.41 Å². The molecule has 2 N–H and O–H groups in total. The zero-order chi connectivity index (χ0) is 10.7. The van der Waals surface area contributed by atoms with Gasteiger partial charge in [0.05, 0.1) is 0 Å². The second kappa shape index (κ2) is 4.84. The molecule has 88 valence electrons. The van der Waals surface area contributed by atoms with Crippen molar-refractivity contribution in [1.82, 2.24) is 5.32 Å². The number of aliphatic hydroxyl groups excluding tert-OH is 1. The molecule has 2 aliphatic carbocycles. The van der Waals surface area contributed by atoms with Gasteiger partial charge in [0.1, 0.15) is 0 Å². The lowest BCUT2D eigenvalue weighted by atomic mass is 9.57. The topological polar surface area (TPSA) is 32.3 Å². The summed E-state index contributed by atoms with van der Waals surface area (Å²) in [6.07, 6.45) is 10.9. The van der Waals surface area contributed by atoms with Crippen molar-refractivity contribution in [1.29, 1.82) is 0 Å². The van der Waals surface area contributed by atoms with Crippen molar-refractivity contribution >= 4 is 0 Å². The van der Waals surface area contributed by atoms with E-state index >= 15 is 0 Å². The average Bonchev–Trinajstić information content (AvgIpc) is 2.26. The molecule has 0 heterocycles. The second-order valence-corrected chi connectivity index (χ2v) is 5.59. The van der Waals surface area contributed by atoms with Gasteiger partial charge in [-0.05, 0) is 44.4 Å². The van der Waals surface area contributed by atoms with Crippen LogP contribution in [-0.2, 0) is 0 Å². The van der Waals surface area contributed by atoms with Gasteiger partial charge in [-0.1, -0.05) is 19.3 Å². The van der Waals surface area contributed by atoms with E-state index in [9.17, 15) is 0 Å². The first-order chi connectivity index (χ1) is 7.27. The molecular weight excluding hydrogens is 186 g/mol. The van der Waals surface area contributed by atoms with Gasteiger partial charge < -0.3 is 10.4 Å². The number of rotatable bonds is 4. The van der Waals surface area contributed by atoms with E-state index in [-0.39, 0.29) is 0 Å². The maximum Gasteiger partial charge on any atom is 0.0445 e. The molecule has 0 aromatic heterocycles. The van der Waals surface area contributed by atoms with E-state index in [4.69, 9.17) is 5.11 Å². The summed E-state index contributed by atoms with van der Waals surface area (Å²) in [6.45, 7) is 2.51. The summed E-state index contributed by atoms with van der Waals surface area (Å²) in [5.74, 6) is 0. The second-order valence-electron chi connectivity index (χ2n) is 5.59.